The first kappa shape index (κ1) is 23.7. The number of hydrazone groups is 1. The number of rotatable bonds is 8. The molecule has 1 aromatic carbocycles. The number of morpholine rings is 1. The Hall–Kier alpha value is -2.91. The first-order valence-electron chi connectivity index (χ1n) is 10.7. The van der Waals surface area contributed by atoms with Crippen molar-refractivity contribution in [3.05, 3.63) is 46.7 Å². The molecular formula is C22H31ClN8O. The molecule has 2 N–H and O–H groups in total. The molecule has 0 saturated carbocycles. The fourth-order valence-electron chi connectivity index (χ4n) is 3.31. The van der Waals surface area contributed by atoms with Crippen LogP contribution in [0.15, 0.2) is 35.4 Å². The van der Waals surface area contributed by atoms with Gasteiger partial charge in [0.2, 0.25) is 0 Å². The van der Waals surface area contributed by atoms with Crippen LogP contribution in [-0.4, -0.2) is 78.9 Å². The number of ether oxygens (including phenoxy) is 1. The second-order valence-electron chi connectivity index (χ2n) is 7.65. The van der Waals surface area contributed by atoms with Crippen LogP contribution < -0.4 is 10.3 Å². The normalized spacial score (nSPS) is 13.9. The minimum absolute atomic E-state index is 0.417. The maximum Gasteiger partial charge on any atom is 0.193 e. The standard InChI is InChI=1S/C22H31ClN8O/c1-4-9-29(2)22(24)30(3)16-20-26-19(14-21(27-20)31-10-12-32-13-11-31)28-25-15-17-5-7-18(23)8-6-17/h5-8,14-15,24H,4,9-13,16H2,1-3H3,(H,26,27,28)/b24-22?,25-15+. The molecule has 2 heterocycles. The van der Waals surface area contributed by atoms with E-state index >= 15 is 0 Å². The fraction of sp³-hybridized carbons (Fsp3) is 0.455. The van der Waals surface area contributed by atoms with Crippen LogP contribution in [0.5, 0.6) is 0 Å². The van der Waals surface area contributed by atoms with Crippen LogP contribution in [0, 0.1) is 5.41 Å². The van der Waals surface area contributed by atoms with E-state index in [2.05, 4.69) is 27.3 Å². The van der Waals surface area contributed by atoms with Crippen molar-refractivity contribution < 1.29 is 4.74 Å². The number of benzene rings is 1. The summed E-state index contributed by atoms with van der Waals surface area (Å²) in [6.45, 7) is 6.22. The Morgan fingerprint density at radius 3 is 2.62 bits per heavy atom. The fourth-order valence-corrected chi connectivity index (χ4v) is 3.43. The van der Waals surface area contributed by atoms with Crippen LogP contribution in [0.4, 0.5) is 11.6 Å². The Kier molecular flexibility index (Phi) is 8.64. The maximum atomic E-state index is 8.40. The van der Waals surface area contributed by atoms with Crippen molar-refractivity contribution in [2.75, 3.05) is 57.3 Å². The molecule has 0 bridgehead atoms. The monoisotopic (exact) mass is 458 g/mol. The molecule has 1 aromatic heterocycles. The SMILES string of the molecule is CCCN(C)C(=N)N(C)Cc1nc(N/N=C/c2ccc(Cl)cc2)cc(N2CCOCC2)n1. The lowest BCUT2D eigenvalue weighted by Gasteiger charge is -2.29. The van der Waals surface area contributed by atoms with E-state index in [0.29, 0.717) is 42.4 Å². The number of hydrogen-bond acceptors (Lipinski definition) is 7. The molecule has 10 heteroatoms. The molecule has 3 rings (SSSR count). The highest BCUT2D eigenvalue weighted by Gasteiger charge is 2.17. The quantitative estimate of drug-likeness (QED) is 0.356. The third-order valence-corrected chi connectivity index (χ3v) is 5.27. The molecule has 1 aliphatic rings. The van der Waals surface area contributed by atoms with E-state index in [0.717, 1.165) is 37.4 Å². The van der Waals surface area contributed by atoms with Crippen LogP contribution in [0.2, 0.25) is 5.02 Å². The van der Waals surface area contributed by atoms with Gasteiger partial charge in [-0.05, 0) is 24.1 Å². The topological polar surface area (TPSA) is 93.0 Å². The number of aromatic nitrogens is 2. The molecule has 2 aromatic rings. The Morgan fingerprint density at radius 1 is 1.22 bits per heavy atom. The van der Waals surface area contributed by atoms with Crippen molar-refractivity contribution in [1.82, 2.24) is 19.8 Å². The molecule has 0 atom stereocenters. The van der Waals surface area contributed by atoms with Crippen molar-refractivity contribution in [1.29, 1.82) is 5.41 Å². The Labute approximate surface area is 194 Å². The van der Waals surface area contributed by atoms with E-state index in [1.807, 2.05) is 54.2 Å². The lowest BCUT2D eigenvalue weighted by molar-refractivity contribution is 0.122. The first-order valence-corrected chi connectivity index (χ1v) is 11.1. The van der Waals surface area contributed by atoms with Crippen LogP contribution in [0.25, 0.3) is 0 Å². The number of nitrogens with zero attached hydrogens (tertiary/aromatic N) is 6. The van der Waals surface area contributed by atoms with E-state index in [4.69, 9.17) is 26.7 Å². The number of guanidine groups is 1. The summed E-state index contributed by atoms with van der Waals surface area (Å²) < 4.78 is 5.47. The Balaban J connectivity index is 1.77. The average Bonchev–Trinajstić information content (AvgIpc) is 2.80. The molecule has 0 radical (unpaired) electrons. The van der Waals surface area contributed by atoms with Gasteiger partial charge >= 0.3 is 0 Å². The van der Waals surface area contributed by atoms with Crippen molar-refractivity contribution in [2.45, 2.75) is 19.9 Å². The molecule has 1 fully saturated rings. The van der Waals surface area contributed by atoms with Gasteiger partial charge in [0.1, 0.15) is 5.82 Å². The largest absolute Gasteiger partial charge is 0.378 e. The van der Waals surface area contributed by atoms with E-state index in [1.165, 1.54) is 0 Å². The van der Waals surface area contributed by atoms with Gasteiger partial charge in [0.05, 0.1) is 26.0 Å². The molecule has 172 valence electrons. The van der Waals surface area contributed by atoms with Crippen molar-refractivity contribution in [3.8, 4) is 0 Å². The lowest BCUT2D eigenvalue weighted by atomic mass is 10.2. The van der Waals surface area contributed by atoms with E-state index in [1.54, 1.807) is 6.21 Å². The molecule has 9 nitrogen and oxygen atoms in total. The Morgan fingerprint density at radius 2 is 1.94 bits per heavy atom. The smallest absolute Gasteiger partial charge is 0.193 e. The summed E-state index contributed by atoms with van der Waals surface area (Å²) in [7, 11) is 3.80. The third-order valence-electron chi connectivity index (χ3n) is 5.02. The van der Waals surface area contributed by atoms with Gasteiger partial charge in [-0.15, -0.1) is 0 Å². The zero-order chi connectivity index (χ0) is 22.9. The summed E-state index contributed by atoms with van der Waals surface area (Å²) in [5.74, 6) is 2.48. The van der Waals surface area contributed by atoms with Crippen LogP contribution in [0.3, 0.4) is 0 Å². The lowest BCUT2D eigenvalue weighted by Crippen LogP contribution is -2.40. The van der Waals surface area contributed by atoms with Crippen molar-refractivity contribution >= 4 is 35.4 Å². The zero-order valence-electron chi connectivity index (χ0n) is 18.9. The predicted octanol–water partition coefficient (Wildman–Crippen LogP) is 3.12. The summed E-state index contributed by atoms with van der Waals surface area (Å²) in [5.41, 5.74) is 3.95. The van der Waals surface area contributed by atoms with Gasteiger partial charge < -0.3 is 19.4 Å². The van der Waals surface area contributed by atoms with Crippen LogP contribution >= 0.6 is 11.6 Å². The summed E-state index contributed by atoms with van der Waals surface area (Å²) in [5, 5.41) is 13.4. The average molecular weight is 459 g/mol. The van der Waals surface area contributed by atoms with Gasteiger partial charge in [-0.1, -0.05) is 30.7 Å². The molecular weight excluding hydrogens is 428 g/mol. The maximum absolute atomic E-state index is 8.40. The molecule has 0 amide bonds. The highest BCUT2D eigenvalue weighted by molar-refractivity contribution is 6.30. The summed E-state index contributed by atoms with van der Waals surface area (Å²) >= 11 is 5.94. The predicted molar refractivity (Wildman–Crippen MR) is 130 cm³/mol. The third kappa shape index (κ3) is 6.80. The van der Waals surface area contributed by atoms with Gasteiger partial charge in [-0.25, -0.2) is 9.97 Å². The number of nitrogens with one attached hydrogen (secondary N) is 2. The van der Waals surface area contributed by atoms with Gasteiger partial charge in [-0.3, -0.25) is 10.8 Å². The van der Waals surface area contributed by atoms with Gasteiger partial charge in [0.25, 0.3) is 0 Å². The van der Waals surface area contributed by atoms with Gasteiger partial charge in [0, 0.05) is 44.8 Å². The molecule has 1 saturated heterocycles. The zero-order valence-corrected chi connectivity index (χ0v) is 19.6. The molecule has 0 spiro atoms. The van der Waals surface area contributed by atoms with Crippen LogP contribution in [-0.2, 0) is 11.3 Å². The van der Waals surface area contributed by atoms with Gasteiger partial charge in [0.15, 0.2) is 17.6 Å². The molecule has 1 aliphatic heterocycles. The highest BCUT2D eigenvalue weighted by atomic mass is 35.5. The van der Waals surface area contributed by atoms with E-state index in [9.17, 15) is 0 Å². The summed E-state index contributed by atoms with van der Waals surface area (Å²) in [6, 6.07) is 9.32. The van der Waals surface area contributed by atoms with E-state index < -0.39 is 0 Å². The van der Waals surface area contributed by atoms with E-state index in [-0.39, 0.29) is 0 Å². The highest BCUT2D eigenvalue weighted by Crippen LogP contribution is 2.18. The van der Waals surface area contributed by atoms with Gasteiger partial charge in [-0.2, -0.15) is 5.10 Å². The number of halogens is 1. The second kappa shape index (κ2) is 11.6. The molecule has 0 unspecified atom stereocenters. The summed E-state index contributed by atoms with van der Waals surface area (Å²) in [4.78, 5) is 15.3. The van der Waals surface area contributed by atoms with Crippen molar-refractivity contribution in [3.63, 3.8) is 0 Å². The van der Waals surface area contributed by atoms with Crippen molar-refractivity contribution in [2.24, 2.45) is 5.10 Å². The molecule has 32 heavy (non-hydrogen) atoms. The minimum atomic E-state index is 0.417. The van der Waals surface area contributed by atoms with Crippen LogP contribution in [0.1, 0.15) is 24.7 Å². The first-order chi connectivity index (χ1) is 15.5. The molecule has 0 aliphatic carbocycles. The number of hydrogen-bond donors (Lipinski definition) is 2. The Bertz CT molecular complexity index is 915. The summed E-state index contributed by atoms with van der Waals surface area (Å²) in [6.07, 6.45) is 2.70. The second-order valence-corrected chi connectivity index (χ2v) is 8.09. The minimum Gasteiger partial charge on any atom is -0.378 e. The number of anilines is 2.